The Morgan fingerprint density at radius 2 is 2.40 bits per heavy atom. The maximum Gasteiger partial charge on any atom is 0.220 e. The van der Waals surface area contributed by atoms with E-state index >= 15 is 0 Å². The van der Waals surface area contributed by atoms with Crippen molar-refractivity contribution in [2.45, 2.75) is 45.1 Å². The van der Waals surface area contributed by atoms with Gasteiger partial charge in [0.15, 0.2) is 0 Å². The second kappa shape index (κ2) is 6.62. The molecule has 0 saturated carbocycles. The molecular formula is C12H22N2O. The van der Waals surface area contributed by atoms with E-state index in [0.29, 0.717) is 24.9 Å². The molecule has 2 unspecified atom stereocenters. The van der Waals surface area contributed by atoms with Crippen molar-refractivity contribution in [2.75, 3.05) is 6.54 Å². The van der Waals surface area contributed by atoms with Gasteiger partial charge in [-0.25, -0.2) is 0 Å². The first-order valence-corrected chi connectivity index (χ1v) is 5.86. The van der Waals surface area contributed by atoms with E-state index < -0.39 is 0 Å². The third-order valence-electron chi connectivity index (χ3n) is 2.90. The van der Waals surface area contributed by atoms with Crippen molar-refractivity contribution >= 4 is 5.91 Å². The topological polar surface area (TPSA) is 55.1 Å². The molecule has 0 fully saturated rings. The third kappa shape index (κ3) is 4.98. The summed E-state index contributed by atoms with van der Waals surface area (Å²) in [4.78, 5) is 11.6. The fourth-order valence-electron chi connectivity index (χ4n) is 1.72. The van der Waals surface area contributed by atoms with Crippen LogP contribution in [0.4, 0.5) is 0 Å². The highest BCUT2D eigenvalue weighted by Gasteiger charge is 2.13. The highest BCUT2D eigenvalue weighted by molar-refractivity contribution is 5.76. The lowest BCUT2D eigenvalue weighted by Gasteiger charge is -2.19. The molecule has 1 rings (SSSR count). The number of carbonyl (C=O) groups excluding carboxylic acids is 1. The van der Waals surface area contributed by atoms with E-state index in [1.807, 2.05) is 0 Å². The Hall–Kier alpha value is -0.830. The number of carbonyl (C=O) groups is 1. The number of rotatable bonds is 5. The van der Waals surface area contributed by atoms with Gasteiger partial charge in [-0.2, -0.15) is 0 Å². The van der Waals surface area contributed by atoms with Crippen LogP contribution in [0.5, 0.6) is 0 Å². The van der Waals surface area contributed by atoms with E-state index in [-0.39, 0.29) is 5.91 Å². The second-order valence-corrected chi connectivity index (χ2v) is 4.43. The lowest BCUT2D eigenvalue weighted by Crippen LogP contribution is -2.35. The molecular weight excluding hydrogens is 188 g/mol. The second-order valence-electron chi connectivity index (χ2n) is 4.43. The molecule has 0 aromatic heterocycles. The van der Waals surface area contributed by atoms with Gasteiger partial charge in [-0.15, -0.1) is 0 Å². The molecule has 0 bridgehead atoms. The van der Waals surface area contributed by atoms with E-state index in [1.54, 1.807) is 0 Å². The van der Waals surface area contributed by atoms with Crippen LogP contribution in [0, 0.1) is 5.92 Å². The first-order chi connectivity index (χ1) is 7.22. The number of amides is 1. The largest absolute Gasteiger partial charge is 0.353 e. The van der Waals surface area contributed by atoms with Crippen LogP contribution in [-0.4, -0.2) is 18.5 Å². The van der Waals surface area contributed by atoms with Gasteiger partial charge in [-0.1, -0.05) is 19.1 Å². The van der Waals surface area contributed by atoms with E-state index in [1.165, 1.54) is 0 Å². The zero-order chi connectivity index (χ0) is 11.1. The highest BCUT2D eigenvalue weighted by atomic mass is 16.1. The van der Waals surface area contributed by atoms with Crippen LogP contribution in [0.3, 0.4) is 0 Å². The van der Waals surface area contributed by atoms with Gasteiger partial charge in [-0.3, -0.25) is 4.79 Å². The summed E-state index contributed by atoms with van der Waals surface area (Å²) in [5.74, 6) is 0.623. The Morgan fingerprint density at radius 3 is 3.00 bits per heavy atom. The van der Waals surface area contributed by atoms with Crippen LogP contribution < -0.4 is 11.1 Å². The fourth-order valence-corrected chi connectivity index (χ4v) is 1.72. The van der Waals surface area contributed by atoms with Crippen molar-refractivity contribution in [3.05, 3.63) is 12.2 Å². The van der Waals surface area contributed by atoms with Crippen molar-refractivity contribution < 1.29 is 4.79 Å². The summed E-state index contributed by atoms with van der Waals surface area (Å²) >= 11 is 0. The van der Waals surface area contributed by atoms with Crippen LogP contribution >= 0.6 is 0 Å². The molecule has 3 nitrogen and oxygen atoms in total. The van der Waals surface area contributed by atoms with Crippen LogP contribution in [0.2, 0.25) is 0 Å². The zero-order valence-electron chi connectivity index (χ0n) is 9.54. The molecule has 0 aliphatic heterocycles. The van der Waals surface area contributed by atoms with Crippen LogP contribution in [0.15, 0.2) is 12.2 Å². The maximum absolute atomic E-state index is 11.6. The molecule has 86 valence electrons. The molecule has 1 aliphatic carbocycles. The molecule has 3 heteroatoms. The molecule has 1 amide bonds. The first-order valence-electron chi connectivity index (χ1n) is 5.86. The van der Waals surface area contributed by atoms with Crippen molar-refractivity contribution in [1.29, 1.82) is 0 Å². The minimum absolute atomic E-state index is 0.176. The molecule has 3 N–H and O–H groups in total. The van der Waals surface area contributed by atoms with Gasteiger partial charge in [0.1, 0.15) is 0 Å². The summed E-state index contributed by atoms with van der Waals surface area (Å²) in [6, 6.07) is 0.357. The average molecular weight is 210 g/mol. The molecule has 0 spiro atoms. The summed E-state index contributed by atoms with van der Waals surface area (Å²) in [7, 11) is 0. The molecule has 15 heavy (non-hydrogen) atoms. The summed E-state index contributed by atoms with van der Waals surface area (Å²) in [5, 5.41) is 3.07. The Balaban J connectivity index is 2.15. The number of nitrogens with one attached hydrogen (secondary N) is 1. The van der Waals surface area contributed by atoms with E-state index in [4.69, 9.17) is 5.73 Å². The smallest absolute Gasteiger partial charge is 0.220 e. The SMILES string of the molecule is CC(CN)CCC(=O)NC1CC=CCC1. The Morgan fingerprint density at radius 1 is 1.60 bits per heavy atom. The monoisotopic (exact) mass is 210 g/mol. The zero-order valence-corrected chi connectivity index (χ0v) is 9.54. The van der Waals surface area contributed by atoms with Crippen LogP contribution in [0.1, 0.15) is 39.0 Å². The van der Waals surface area contributed by atoms with Gasteiger partial charge in [-0.05, 0) is 38.1 Å². The third-order valence-corrected chi connectivity index (χ3v) is 2.90. The molecule has 1 aliphatic rings. The maximum atomic E-state index is 11.6. The number of nitrogens with two attached hydrogens (primary N) is 1. The average Bonchev–Trinajstić information content (AvgIpc) is 2.27. The van der Waals surface area contributed by atoms with Crippen molar-refractivity contribution in [2.24, 2.45) is 11.7 Å². The van der Waals surface area contributed by atoms with Crippen LogP contribution in [0.25, 0.3) is 0 Å². The predicted octanol–water partition coefficient (Wildman–Crippen LogP) is 1.59. The summed E-state index contributed by atoms with van der Waals surface area (Å²) in [5.41, 5.74) is 5.50. The quantitative estimate of drug-likeness (QED) is 0.677. The summed E-state index contributed by atoms with van der Waals surface area (Å²) in [6.45, 7) is 2.75. The fraction of sp³-hybridized carbons (Fsp3) is 0.750. The van der Waals surface area contributed by atoms with E-state index in [0.717, 1.165) is 25.7 Å². The number of allylic oxidation sites excluding steroid dienone is 1. The van der Waals surface area contributed by atoms with Crippen molar-refractivity contribution in [3.8, 4) is 0 Å². The Bertz CT molecular complexity index is 226. The molecule has 0 aromatic carbocycles. The standard InChI is InChI=1S/C12H22N2O/c1-10(9-13)7-8-12(15)14-11-5-3-2-4-6-11/h2-3,10-11H,4-9,13H2,1H3,(H,14,15). The molecule has 0 radical (unpaired) electrons. The molecule has 2 atom stereocenters. The van der Waals surface area contributed by atoms with Crippen molar-refractivity contribution in [1.82, 2.24) is 5.32 Å². The molecule has 0 aromatic rings. The van der Waals surface area contributed by atoms with Gasteiger partial charge in [0.2, 0.25) is 5.91 Å². The Kier molecular flexibility index (Phi) is 5.40. The summed E-state index contributed by atoms with van der Waals surface area (Å²) in [6.07, 6.45) is 8.98. The first kappa shape index (κ1) is 12.2. The van der Waals surface area contributed by atoms with E-state index in [2.05, 4.69) is 24.4 Å². The van der Waals surface area contributed by atoms with Crippen molar-refractivity contribution in [3.63, 3.8) is 0 Å². The number of hydrogen-bond acceptors (Lipinski definition) is 2. The minimum Gasteiger partial charge on any atom is -0.353 e. The molecule has 0 heterocycles. The lowest BCUT2D eigenvalue weighted by atomic mass is 10.0. The van der Waals surface area contributed by atoms with Gasteiger partial charge in [0.05, 0.1) is 0 Å². The van der Waals surface area contributed by atoms with Gasteiger partial charge < -0.3 is 11.1 Å². The Labute approximate surface area is 92.1 Å². The summed E-state index contributed by atoms with van der Waals surface area (Å²) < 4.78 is 0. The van der Waals surface area contributed by atoms with Gasteiger partial charge in [0.25, 0.3) is 0 Å². The predicted molar refractivity (Wildman–Crippen MR) is 62.4 cm³/mol. The highest BCUT2D eigenvalue weighted by Crippen LogP contribution is 2.11. The molecule has 0 saturated heterocycles. The van der Waals surface area contributed by atoms with E-state index in [9.17, 15) is 4.79 Å². The lowest BCUT2D eigenvalue weighted by molar-refractivity contribution is -0.122. The minimum atomic E-state index is 0.176. The normalized spacial score (nSPS) is 22.4. The number of hydrogen-bond donors (Lipinski definition) is 2. The van der Waals surface area contributed by atoms with Crippen LogP contribution in [-0.2, 0) is 4.79 Å². The van der Waals surface area contributed by atoms with Gasteiger partial charge in [0, 0.05) is 12.5 Å². The van der Waals surface area contributed by atoms with Gasteiger partial charge >= 0.3 is 0 Å².